The number of fused-ring (bicyclic) bond motifs is 14. The Morgan fingerprint density at radius 1 is 0.435 bits per heavy atom. The molecule has 0 radical (unpaired) electrons. The third-order valence-electron chi connectivity index (χ3n) is 9.97. The number of anilines is 8. The molecular formula is C40H30N6. The van der Waals surface area contributed by atoms with Crippen molar-refractivity contribution >= 4 is 51.8 Å². The number of benzene rings is 4. The molecule has 0 spiro atoms. The molecule has 0 aliphatic carbocycles. The van der Waals surface area contributed by atoms with Crippen LogP contribution in [0.15, 0.2) is 152 Å². The summed E-state index contributed by atoms with van der Waals surface area (Å²) in [5.74, 6) is 2.10. The van der Waals surface area contributed by atoms with E-state index in [0.29, 0.717) is 0 Å². The largest absolute Gasteiger partial charge is 0.316 e. The summed E-state index contributed by atoms with van der Waals surface area (Å²) >= 11 is 0. The van der Waals surface area contributed by atoms with Gasteiger partial charge in [-0.25, -0.2) is 9.97 Å². The number of allylic oxidation sites excluding steroid dienone is 1. The van der Waals surface area contributed by atoms with E-state index in [2.05, 4.69) is 165 Å². The quantitative estimate of drug-likeness (QED) is 0.199. The molecule has 0 saturated heterocycles. The van der Waals surface area contributed by atoms with Crippen molar-refractivity contribution in [2.24, 2.45) is 5.92 Å². The lowest BCUT2D eigenvalue weighted by molar-refractivity contribution is 0.319. The van der Waals surface area contributed by atoms with Gasteiger partial charge in [0.15, 0.2) is 11.6 Å². The predicted octanol–water partition coefficient (Wildman–Crippen LogP) is 9.15. The lowest BCUT2D eigenvalue weighted by Gasteiger charge is -2.52. The molecule has 6 heteroatoms. The standard InChI is InChI=1S/C40H30N6/c1-3-14-28(15-4-1)43-34-21-11-26-42-38(34)46-33-20-10-8-18-30(33)31-24-23-27-13-7-9-19-32(27)45-35-22-12-25-41-37(35)44(29-16-5-2-6-17-29)40(45)36(31)39(43)46/h1-26,31,36,39-40H. The Morgan fingerprint density at radius 2 is 0.978 bits per heavy atom. The lowest BCUT2D eigenvalue weighted by atomic mass is 9.75. The molecule has 4 aliphatic rings. The molecule has 0 amide bonds. The molecule has 6 nitrogen and oxygen atoms in total. The monoisotopic (exact) mass is 594 g/mol. The second kappa shape index (κ2) is 9.81. The van der Waals surface area contributed by atoms with Gasteiger partial charge in [-0.1, -0.05) is 84.9 Å². The molecule has 220 valence electrons. The first-order chi connectivity index (χ1) is 22.9. The smallest absolute Gasteiger partial charge is 0.158 e. The maximum absolute atomic E-state index is 5.08. The fourth-order valence-corrected chi connectivity index (χ4v) is 8.26. The molecule has 4 aromatic carbocycles. The number of hydrogen-bond acceptors (Lipinski definition) is 6. The van der Waals surface area contributed by atoms with E-state index in [0.717, 1.165) is 34.4 Å². The maximum atomic E-state index is 5.08. The van der Waals surface area contributed by atoms with E-state index in [1.165, 1.54) is 22.5 Å². The van der Waals surface area contributed by atoms with Gasteiger partial charge < -0.3 is 19.6 Å². The van der Waals surface area contributed by atoms with Gasteiger partial charge in [-0.15, -0.1) is 0 Å². The van der Waals surface area contributed by atoms with Crippen LogP contribution in [0.25, 0.3) is 6.08 Å². The Bertz CT molecular complexity index is 2130. The first-order valence-corrected chi connectivity index (χ1v) is 15.9. The van der Waals surface area contributed by atoms with E-state index in [-0.39, 0.29) is 24.2 Å². The summed E-state index contributed by atoms with van der Waals surface area (Å²) in [6, 6.07) is 47.8. The van der Waals surface area contributed by atoms with Crippen LogP contribution in [0, 0.1) is 5.92 Å². The van der Waals surface area contributed by atoms with Crippen molar-refractivity contribution in [2.45, 2.75) is 18.2 Å². The van der Waals surface area contributed by atoms with Crippen LogP contribution < -0.4 is 19.6 Å². The van der Waals surface area contributed by atoms with Crippen molar-refractivity contribution in [3.05, 3.63) is 163 Å². The van der Waals surface area contributed by atoms with Gasteiger partial charge in [0, 0.05) is 41.3 Å². The van der Waals surface area contributed by atoms with Crippen LogP contribution in [0.4, 0.5) is 45.8 Å². The van der Waals surface area contributed by atoms with Crippen LogP contribution in [0.5, 0.6) is 0 Å². The summed E-state index contributed by atoms with van der Waals surface area (Å²) < 4.78 is 0. The van der Waals surface area contributed by atoms with Gasteiger partial charge >= 0.3 is 0 Å². The van der Waals surface area contributed by atoms with Gasteiger partial charge in [0.2, 0.25) is 0 Å². The zero-order valence-corrected chi connectivity index (χ0v) is 25.0. The van der Waals surface area contributed by atoms with Crippen molar-refractivity contribution in [1.82, 2.24) is 9.97 Å². The highest BCUT2D eigenvalue weighted by Crippen LogP contribution is 2.61. The third-order valence-corrected chi connectivity index (χ3v) is 9.97. The minimum absolute atomic E-state index is 0.0447. The third kappa shape index (κ3) is 3.47. The molecule has 2 aromatic heterocycles. The summed E-state index contributed by atoms with van der Waals surface area (Å²) in [5.41, 5.74) is 9.41. The Balaban J connectivity index is 1.31. The fourth-order valence-electron chi connectivity index (χ4n) is 8.26. The molecule has 0 fully saturated rings. The Kier molecular flexibility index (Phi) is 5.43. The number of rotatable bonds is 2. The Hall–Kier alpha value is -5.88. The SMILES string of the molecule is C1=CC2c3ccccc3N3c4ncccc4N(c4ccccc4)C3C2C2N(c3ccccc31)c1cccnc1N2c1ccccc1. The molecule has 0 N–H and O–H groups in total. The molecule has 46 heavy (non-hydrogen) atoms. The zero-order chi connectivity index (χ0) is 30.2. The van der Waals surface area contributed by atoms with Crippen molar-refractivity contribution in [3.63, 3.8) is 0 Å². The normalized spacial score (nSPS) is 21.7. The van der Waals surface area contributed by atoms with Crippen molar-refractivity contribution in [1.29, 1.82) is 0 Å². The Labute approximate surface area is 268 Å². The average Bonchev–Trinajstić information content (AvgIpc) is 3.64. The second-order valence-corrected chi connectivity index (χ2v) is 12.3. The minimum Gasteiger partial charge on any atom is -0.316 e. The molecule has 4 aliphatic heterocycles. The molecule has 0 saturated carbocycles. The maximum Gasteiger partial charge on any atom is 0.158 e. The van der Waals surface area contributed by atoms with Gasteiger partial charge in [0.05, 0.1) is 17.1 Å². The first kappa shape index (κ1) is 25.4. The van der Waals surface area contributed by atoms with E-state index >= 15 is 0 Å². The average molecular weight is 595 g/mol. The Morgan fingerprint density at radius 3 is 1.72 bits per heavy atom. The minimum atomic E-state index is -0.107. The summed E-state index contributed by atoms with van der Waals surface area (Å²) in [6.45, 7) is 0. The van der Waals surface area contributed by atoms with Crippen LogP contribution in [0.1, 0.15) is 17.0 Å². The lowest BCUT2D eigenvalue weighted by Crippen LogP contribution is -2.59. The van der Waals surface area contributed by atoms with Crippen molar-refractivity contribution in [3.8, 4) is 0 Å². The molecule has 0 bridgehead atoms. The van der Waals surface area contributed by atoms with Gasteiger partial charge in [-0.3, -0.25) is 0 Å². The fraction of sp³-hybridized carbons (Fsp3) is 0.100. The molecule has 4 atom stereocenters. The van der Waals surface area contributed by atoms with Crippen LogP contribution in [0.3, 0.4) is 0 Å². The van der Waals surface area contributed by atoms with E-state index in [1.807, 2.05) is 12.4 Å². The van der Waals surface area contributed by atoms with Crippen LogP contribution >= 0.6 is 0 Å². The van der Waals surface area contributed by atoms with Crippen molar-refractivity contribution in [2.75, 3.05) is 19.6 Å². The van der Waals surface area contributed by atoms with Gasteiger partial charge in [-0.2, -0.15) is 0 Å². The molecule has 10 rings (SSSR count). The molecular weight excluding hydrogens is 564 g/mol. The van der Waals surface area contributed by atoms with Crippen LogP contribution in [-0.4, -0.2) is 22.3 Å². The highest BCUT2D eigenvalue weighted by atomic mass is 15.5. The molecule has 4 unspecified atom stereocenters. The van der Waals surface area contributed by atoms with Gasteiger partial charge in [-0.05, 0) is 71.8 Å². The topological polar surface area (TPSA) is 38.7 Å². The zero-order valence-electron chi connectivity index (χ0n) is 25.0. The summed E-state index contributed by atoms with van der Waals surface area (Å²) in [5, 5.41) is 0. The van der Waals surface area contributed by atoms with Gasteiger partial charge in [0.25, 0.3) is 0 Å². The number of para-hydroxylation sites is 4. The first-order valence-electron chi connectivity index (χ1n) is 15.9. The van der Waals surface area contributed by atoms with E-state index in [1.54, 1.807) is 0 Å². The number of aromatic nitrogens is 2. The number of pyridine rings is 2. The summed E-state index contributed by atoms with van der Waals surface area (Å²) in [6.07, 6.45) is 8.45. The number of hydrogen-bond donors (Lipinski definition) is 0. The second-order valence-electron chi connectivity index (χ2n) is 12.3. The van der Waals surface area contributed by atoms with Crippen molar-refractivity contribution < 1.29 is 0 Å². The van der Waals surface area contributed by atoms with Gasteiger partial charge in [0.1, 0.15) is 12.3 Å². The molecule has 6 heterocycles. The number of nitrogens with zero attached hydrogens (tertiary/aromatic N) is 6. The van der Waals surface area contributed by atoms with Crippen LogP contribution in [-0.2, 0) is 0 Å². The highest BCUT2D eigenvalue weighted by Gasteiger charge is 2.57. The van der Waals surface area contributed by atoms with E-state index in [4.69, 9.17) is 9.97 Å². The van der Waals surface area contributed by atoms with Crippen LogP contribution in [0.2, 0.25) is 0 Å². The van der Waals surface area contributed by atoms with E-state index in [9.17, 15) is 0 Å². The summed E-state index contributed by atoms with van der Waals surface area (Å²) in [4.78, 5) is 20.2. The molecule has 6 aromatic rings. The summed E-state index contributed by atoms with van der Waals surface area (Å²) in [7, 11) is 0. The highest BCUT2D eigenvalue weighted by molar-refractivity contribution is 5.92. The van der Waals surface area contributed by atoms with E-state index < -0.39 is 0 Å². The predicted molar refractivity (Wildman–Crippen MR) is 186 cm³/mol.